The van der Waals surface area contributed by atoms with Crippen molar-refractivity contribution in [2.45, 2.75) is 11.8 Å². The summed E-state index contributed by atoms with van der Waals surface area (Å²) < 4.78 is 7.84. The highest BCUT2D eigenvalue weighted by atomic mass is 32.2. The predicted molar refractivity (Wildman–Crippen MR) is 90.9 cm³/mol. The first-order chi connectivity index (χ1) is 11.5. The third-order valence-electron chi connectivity index (χ3n) is 3.25. The van der Waals surface area contributed by atoms with Gasteiger partial charge in [-0.2, -0.15) is 0 Å². The van der Waals surface area contributed by atoms with Crippen molar-refractivity contribution >= 4 is 34.9 Å². The molecular weight excluding hydrogens is 328 g/mol. The summed E-state index contributed by atoms with van der Waals surface area (Å²) in [5.41, 5.74) is 1.51. The summed E-state index contributed by atoms with van der Waals surface area (Å²) in [6.07, 6.45) is 0. The minimum absolute atomic E-state index is 0.0505. The molecule has 3 rings (SSSR count). The Balaban J connectivity index is 1.62. The lowest BCUT2D eigenvalue weighted by Crippen LogP contribution is -2.36. The number of carbonyl (C=O) groups is 2. The lowest BCUT2D eigenvalue weighted by molar-refractivity contribution is 0.0940. The molecule has 3 N–H and O–H groups in total. The molecular formula is C17H14N2O4S. The van der Waals surface area contributed by atoms with Gasteiger partial charge in [-0.25, -0.2) is 4.79 Å². The molecule has 122 valence electrons. The largest absolute Gasteiger partial charge is 0.507 e. The van der Waals surface area contributed by atoms with Gasteiger partial charge in [-0.15, -0.1) is 0 Å². The number of phenols is 1. The second-order valence-corrected chi connectivity index (χ2v) is 5.96. The normalized spacial score (nSPS) is 10.5. The topological polar surface area (TPSA) is 91.6 Å². The number of aromatic hydroxyl groups is 1. The molecule has 0 radical (unpaired) electrons. The predicted octanol–water partition coefficient (Wildman–Crippen LogP) is 3.59. The summed E-state index contributed by atoms with van der Waals surface area (Å²) in [6.45, 7) is 1.87. The molecule has 0 bridgehead atoms. The number of benzene rings is 2. The van der Waals surface area contributed by atoms with E-state index >= 15 is 0 Å². The van der Waals surface area contributed by atoms with Crippen molar-refractivity contribution in [1.29, 1.82) is 0 Å². The molecule has 7 heteroatoms. The lowest BCUT2D eigenvalue weighted by Gasteiger charge is -2.07. The second kappa shape index (κ2) is 6.67. The fraction of sp³-hybridized carbons (Fsp3) is 0.0588. The highest BCUT2D eigenvalue weighted by Crippen LogP contribution is 2.27. The molecule has 0 saturated heterocycles. The van der Waals surface area contributed by atoms with Crippen LogP contribution in [0.15, 0.2) is 57.8 Å². The fourth-order valence-electron chi connectivity index (χ4n) is 2.09. The van der Waals surface area contributed by atoms with Crippen molar-refractivity contribution in [3.63, 3.8) is 0 Å². The Bertz CT molecular complexity index is 887. The van der Waals surface area contributed by atoms with E-state index in [9.17, 15) is 14.7 Å². The van der Waals surface area contributed by atoms with E-state index in [-0.39, 0.29) is 11.5 Å². The zero-order valence-electron chi connectivity index (χ0n) is 12.7. The summed E-state index contributed by atoms with van der Waals surface area (Å²) in [5, 5.41) is 12.7. The van der Waals surface area contributed by atoms with E-state index in [2.05, 4.69) is 10.0 Å². The number of carbonyl (C=O) groups excluding carboxylic acids is 2. The van der Waals surface area contributed by atoms with E-state index < -0.39 is 11.9 Å². The Hall–Kier alpha value is -2.93. The maximum absolute atomic E-state index is 12.0. The zero-order valence-corrected chi connectivity index (χ0v) is 13.5. The van der Waals surface area contributed by atoms with E-state index in [0.717, 1.165) is 22.9 Å². The molecule has 2 aromatic carbocycles. The van der Waals surface area contributed by atoms with Gasteiger partial charge in [-0.1, -0.05) is 24.3 Å². The standard InChI is InChI=1S/C17H14N2O4S/c1-10-6-7-12(20)15(8-10)24-19-17(22)18-16(21)14-9-11-4-2-3-5-13(11)23-14/h2-9,20H,1H3,(H2,18,19,21,22). The molecule has 0 aliphatic rings. The Morgan fingerprint density at radius 1 is 1.12 bits per heavy atom. The average molecular weight is 342 g/mol. The third kappa shape index (κ3) is 3.52. The molecule has 0 saturated carbocycles. The minimum atomic E-state index is -0.702. The minimum Gasteiger partial charge on any atom is -0.507 e. The number of urea groups is 1. The Labute approximate surface area is 142 Å². The summed E-state index contributed by atoms with van der Waals surface area (Å²) >= 11 is 0.917. The highest BCUT2D eigenvalue weighted by molar-refractivity contribution is 7.98. The van der Waals surface area contributed by atoms with E-state index in [1.54, 1.807) is 30.3 Å². The number of nitrogens with one attached hydrogen (secondary N) is 2. The zero-order chi connectivity index (χ0) is 17.1. The third-order valence-corrected chi connectivity index (χ3v) is 4.08. The number of aryl methyl sites for hydroxylation is 1. The van der Waals surface area contributed by atoms with Crippen LogP contribution >= 0.6 is 11.9 Å². The number of phenolic OH excluding ortho intramolecular Hbond substituents is 1. The molecule has 24 heavy (non-hydrogen) atoms. The van der Waals surface area contributed by atoms with Crippen molar-refractivity contribution in [3.8, 4) is 5.75 Å². The maximum atomic E-state index is 12.0. The number of furan rings is 1. The van der Waals surface area contributed by atoms with Crippen molar-refractivity contribution < 1.29 is 19.1 Å². The van der Waals surface area contributed by atoms with Crippen LogP contribution in [-0.4, -0.2) is 17.0 Å². The fourth-order valence-corrected chi connectivity index (χ4v) is 2.76. The van der Waals surface area contributed by atoms with Gasteiger partial charge in [0.15, 0.2) is 5.76 Å². The van der Waals surface area contributed by atoms with Crippen molar-refractivity contribution in [3.05, 3.63) is 59.9 Å². The number of para-hydroxylation sites is 1. The van der Waals surface area contributed by atoms with Crippen LogP contribution in [0.4, 0.5) is 4.79 Å². The van der Waals surface area contributed by atoms with Crippen LogP contribution in [0.2, 0.25) is 0 Å². The molecule has 3 amide bonds. The van der Waals surface area contributed by atoms with Crippen LogP contribution in [0.25, 0.3) is 11.0 Å². The van der Waals surface area contributed by atoms with Gasteiger partial charge in [-0.3, -0.25) is 14.8 Å². The number of fused-ring (bicyclic) bond motifs is 1. The molecule has 0 atom stereocenters. The van der Waals surface area contributed by atoms with Crippen LogP contribution in [0.3, 0.4) is 0 Å². The molecule has 6 nitrogen and oxygen atoms in total. The van der Waals surface area contributed by atoms with Crippen LogP contribution in [0.5, 0.6) is 5.75 Å². The second-order valence-electron chi connectivity index (χ2n) is 5.11. The van der Waals surface area contributed by atoms with Crippen molar-refractivity contribution in [2.24, 2.45) is 0 Å². The monoisotopic (exact) mass is 342 g/mol. The number of hydrogen-bond donors (Lipinski definition) is 3. The van der Waals surface area contributed by atoms with Gasteiger partial charge >= 0.3 is 6.03 Å². The van der Waals surface area contributed by atoms with Crippen LogP contribution in [0.1, 0.15) is 16.1 Å². The smallest absolute Gasteiger partial charge is 0.332 e. The van der Waals surface area contributed by atoms with Gasteiger partial charge in [-0.05, 0) is 48.7 Å². The summed E-state index contributed by atoms with van der Waals surface area (Å²) in [4.78, 5) is 24.3. The molecule has 1 aromatic heterocycles. The van der Waals surface area contributed by atoms with Crippen molar-refractivity contribution in [1.82, 2.24) is 10.0 Å². The number of hydrogen-bond acceptors (Lipinski definition) is 5. The summed E-state index contributed by atoms with van der Waals surface area (Å²) in [7, 11) is 0. The quantitative estimate of drug-likeness (QED) is 0.633. The first-order valence-corrected chi connectivity index (χ1v) is 7.91. The van der Waals surface area contributed by atoms with E-state index in [4.69, 9.17) is 4.42 Å². The molecule has 0 aliphatic carbocycles. The first kappa shape index (κ1) is 15.9. The molecule has 0 aliphatic heterocycles. The number of imide groups is 1. The highest BCUT2D eigenvalue weighted by Gasteiger charge is 2.15. The molecule has 0 unspecified atom stereocenters. The van der Waals surface area contributed by atoms with Crippen molar-refractivity contribution in [2.75, 3.05) is 0 Å². The molecule has 0 spiro atoms. The Morgan fingerprint density at radius 3 is 2.71 bits per heavy atom. The molecule has 0 fully saturated rings. The van der Waals surface area contributed by atoms with Gasteiger partial charge in [0.05, 0.1) is 4.90 Å². The van der Waals surface area contributed by atoms with E-state index in [1.165, 1.54) is 6.07 Å². The SMILES string of the molecule is Cc1ccc(O)c(SNC(=O)NC(=O)c2cc3ccccc3o2)c1. The molecule has 3 aromatic rings. The summed E-state index contributed by atoms with van der Waals surface area (Å²) in [6, 6.07) is 13.1. The van der Waals surface area contributed by atoms with Gasteiger partial charge < -0.3 is 9.52 Å². The summed E-state index contributed by atoms with van der Waals surface area (Å²) in [5.74, 6) is -0.540. The maximum Gasteiger partial charge on any atom is 0.332 e. The Morgan fingerprint density at radius 2 is 1.92 bits per heavy atom. The van der Waals surface area contributed by atoms with Gasteiger partial charge in [0.25, 0.3) is 5.91 Å². The van der Waals surface area contributed by atoms with Crippen LogP contribution in [0, 0.1) is 6.92 Å². The lowest BCUT2D eigenvalue weighted by atomic mass is 10.2. The van der Waals surface area contributed by atoms with Gasteiger partial charge in [0.2, 0.25) is 0 Å². The molecule has 1 heterocycles. The van der Waals surface area contributed by atoms with Crippen LogP contribution < -0.4 is 10.0 Å². The van der Waals surface area contributed by atoms with E-state index in [1.807, 2.05) is 19.1 Å². The van der Waals surface area contributed by atoms with E-state index in [0.29, 0.717) is 10.5 Å². The van der Waals surface area contributed by atoms with Gasteiger partial charge in [0.1, 0.15) is 11.3 Å². The first-order valence-electron chi connectivity index (χ1n) is 7.09. The van der Waals surface area contributed by atoms with Crippen LogP contribution in [-0.2, 0) is 0 Å². The Kier molecular flexibility index (Phi) is 4.43. The number of rotatable bonds is 3. The number of amides is 3. The average Bonchev–Trinajstić information content (AvgIpc) is 3.00. The van der Waals surface area contributed by atoms with Gasteiger partial charge in [0, 0.05) is 5.39 Å².